The molecule has 1 amide bonds. The predicted octanol–water partition coefficient (Wildman–Crippen LogP) is 5.62. The third-order valence-electron chi connectivity index (χ3n) is 5.26. The molecule has 0 fully saturated rings. The van der Waals surface area contributed by atoms with Gasteiger partial charge in [0, 0.05) is 6.42 Å². The molecule has 3 rings (SSSR count). The molecule has 0 radical (unpaired) electrons. The highest BCUT2D eigenvalue weighted by molar-refractivity contribution is 7.15. The number of aromatic nitrogens is 2. The van der Waals surface area contributed by atoms with Crippen molar-refractivity contribution in [3.8, 4) is 23.3 Å². The molecule has 0 saturated heterocycles. The van der Waals surface area contributed by atoms with E-state index in [4.69, 9.17) is 14.2 Å². The topological polar surface area (TPSA) is 106 Å². The number of ether oxygens (including phenoxy) is 3. The molecule has 9 heteroatoms. The van der Waals surface area contributed by atoms with Crippen molar-refractivity contribution in [2.45, 2.75) is 40.5 Å². The summed E-state index contributed by atoms with van der Waals surface area (Å²) in [6, 6.07) is 13.3. The molecule has 3 aromatic rings. The number of benzene rings is 2. The lowest BCUT2D eigenvalue weighted by molar-refractivity contribution is -0.112. The largest absolute Gasteiger partial charge is 0.493 e. The SMILES string of the molecule is CCc1cc(C)cc(OCCOc2ccc(/C=C(/C#N)C(=O)Nc3nnc(CC(C)C)s3)cc2OC)c1. The summed E-state index contributed by atoms with van der Waals surface area (Å²) in [6.07, 6.45) is 3.22. The molecule has 1 aromatic heterocycles. The van der Waals surface area contributed by atoms with Crippen LogP contribution in [0.25, 0.3) is 6.08 Å². The van der Waals surface area contributed by atoms with Crippen LogP contribution in [0.2, 0.25) is 0 Å². The highest BCUT2D eigenvalue weighted by Gasteiger charge is 2.14. The Morgan fingerprint density at radius 1 is 1.14 bits per heavy atom. The lowest BCUT2D eigenvalue weighted by atomic mass is 10.1. The third kappa shape index (κ3) is 8.33. The highest BCUT2D eigenvalue weighted by Crippen LogP contribution is 2.29. The Morgan fingerprint density at radius 2 is 1.92 bits per heavy atom. The van der Waals surface area contributed by atoms with Crippen LogP contribution in [-0.4, -0.2) is 36.4 Å². The van der Waals surface area contributed by atoms with E-state index in [1.165, 1.54) is 30.1 Å². The molecule has 37 heavy (non-hydrogen) atoms. The molecule has 0 bridgehead atoms. The molecule has 2 aromatic carbocycles. The van der Waals surface area contributed by atoms with Gasteiger partial charge < -0.3 is 14.2 Å². The molecule has 0 atom stereocenters. The number of anilines is 1. The number of rotatable bonds is 12. The number of nitrogens with zero attached hydrogens (tertiary/aromatic N) is 3. The first-order valence-corrected chi connectivity index (χ1v) is 12.9. The fraction of sp³-hybridized carbons (Fsp3) is 0.357. The van der Waals surface area contributed by atoms with E-state index in [1.54, 1.807) is 18.2 Å². The quantitative estimate of drug-likeness (QED) is 0.188. The summed E-state index contributed by atoms with van der Waals surface area (Å²) in [5.74, 6) is 1.73. The maximum Gasteiger partial charge on any atom is 0.268 e. The van der Waals surface area contributed by atoms with Crippen molar-refractivity contribution in [3.63, 3.8) is 0 Å². The minimum Gasteiger partial charge on any atom is -0.493 e. The molecule has 8 nitrogen and oxygen atoms in total. The van der Waals surface area contributed by atoms with Gasteiger partial charge in [-0.1, -0.05) is 44.2 Å². The van der Waals surface area contributed by atoms with Crippen LogP contribution in [0.1, 0.15) is 42.5 Å². The maximum absolute atomic E-state index is 12.6. The minimum absolute atomic E-state index is 0.0608. The van der Waals surface area contributed by atoms with Gasteiger partial charge in [0.1, 0.15) is 35.6 Å². The maximum atomic E-state index is 12.6. The molecule has 0 aliphatic heterocycles. The molecule has 0 aliphatic rings. The van der Waals surface area contributed by atoms with Crippen molar-refractivity contribution in [1.82, 2.24) is 10.2 Å². The summed E-state index contributed by atoms with van der Waals surface area (Å²) in [5, 5.41) is 21.5. The first-order valence-electron chi connectivity index (χ1n) is 12.1. The number of nitrogens with one attached hydrogen (secondary N) is 1. The molecule has 0 saturated carbocycles. The van der Waals surface area contributed by atoms with Gasteiger partial charge in [0.05, 0.1) is 7.11 Å². The number of carbonyl (C=O) groups excluding carboxylic acids is 1. The highest BCUT2D eigenvalue weighted by atomic mass is 32.1. The zero-order chi connectivity index (χ0) is 26.8. The summed E-state index contributed by atoms with van der Waals surface area (Å²) < 4.78 is 17.2. The van der Waals surface area contributed by atoms with Gasteiger partial charge in [-0.05, 0) is 66.3 Å². The van der Waals surface area contributed by atoms with E-state index in [0.29, 0.717) is 41.3 Å². The van der Waals surface area contributed by atoms with Gasteiger partial charge in [-0.2, -0.15) is 5.26 Å². The Bertz CT molecular complexity index is 1290. The van der Waals surface area contributed by atoms with Crippen LogP contribution in [0.3, 0.4) is 0 Å². The molecular weight excluding hydrogens is 488 g/mol. The van der Waals surface area contributed by atoms with E-state index in [1.807, 2.05) is 25.1 Å². The van der Waals surface area contributed by atoms with Crippen LogP contribution in [-0.2, 0) is 17.6 Å². The van der Waals surface area contributed by atoms with Gasteiger partial charge in [0.25, 0.3) is 5.91 Å². The van der Waals surface area contributed by atoms with Crippen LogP contribution in [0.4, 0.5) is 5.13 Å². The van der Waals surface area contributed by atoms with Crippen LogP contribution in [0.15, 0.2) is 42.0 Å². The average molecular weight is 521 g/mol. The normalized spacial score (nSPS) is 11.2. The van der Waals surface area contributed by atoms with E-state index in [2.05, 4.69) is 42.4 Å². The summed E-state index contributed by atoms with van der Waals surface area (Å²) >= 11 is 1.30. The monoisotopic (exact) mass is 520 g/mol. The number of aryl methyl sites for hydroxylation is 2. The van der Waals surface area contributed by atoms with Crippen molar-refractivity contribution in [3.05, 3.63) is 63.7 Å². The molecule has 1 N–H and O–H groups in total. The summed E-state index contributed by atoms with van der Waals surface area (Å²) in [6.45, 7) is 9.03. The van der Waals surface area contributed by atoms with E-state index in [0.717, 1.165) is 29.2 Å². The third-order valence-corrected chi connectivity index (χ3v) is 6.12. The van der Waals surface area contributed by atoms with Crippen molar-refractivity contribution in [2.24, 2.45) is 5.92 Å². The minimum atomic E-state index is -0.548. The average Bonchev–Trinajstić information content (AvgIpc) is 3.30. The van der Waals surface area contributed by atoms with Crippen LogP contribution < -0.4 is 19.5 Å². The number of carbonyl (C=O) groups is 1. The van der Waals surface area contributed by atoms with Crippen LogP contribution >= 0.6 is 11.3 Å². The molecule has 1 heterocycles. The predicted molar refractivity (Wildman–Crippen MR) is 145 cm³/mol. The zero-order valence-corrected chi connectivity index (χ0v) is 22.6. The van der Waals surface area contributed by atoms with Gasteiger partial charge in [-0.3, -0.25) is 10.1 Å². The first-order chi connectivity index (χ1) is 17.8. The zero-order valence-electron chi connectivity index (χ0n) is 21.8. The van der Waals surface area contributed by atoms with E-state index >= 15 is 0 Å². The first kappa shape index (κ1) is 27.7. The van der Waals surface area contributed by atoms with Gasteiger partial charge in [-0.15, -0.1) is 10.2 Å². The Kier molecular flexibility index (Phi) is 10.0. The molecule has 0 unspecified atom stereocenters. The van der Waals surface area contributed by atoms with E-state index < -0.39 is 5.91 Å². The molecule has 0 aliphatic carbocycles. The number of methoxy groups -OCH3 is 1. The fourth-order valence-corrected chi connectivity index (χ4v) is 4.48. The Morgan fingerprint density at radius 3 is 2.62 bits per heavy atom. The van der Waals surface area contributed by atoms with Gasteiger partial charge >= 0.3 is 0 Å². The Balaban J connectivity index is 1.61. The number of nitriles is 1. The Labute approximate surface area is 221 Å². The standard InChI is InChI=1S/C28H32N4O4S/c1-6-20-12-19(4)13-23(15-20)35-9-10-36-24-8-7-21(16-25(24)34-5)14-22(17-29)27(33)30-28-32-31-26(37-28)11-18(2)3/h7-8,12-16,18H,6,9-11H2,1-5H3,(H,30,32,33)/b22-14-. The number of hydrogen-bond acceptors (Lipinski definition) is 8. The number of hydrogen-bond donors (Lipinski definition) is 1. The van der Waals surface area contributed by atoms with Crippen molar-refractivity contribution in [1.29, 1.82) is 5.26 Å². The molecule has 0 spiro atoms. The summed E-state index contributed by atoms with van der Waals surface area (Å²) in [4.78, 5) is 12.6. The number of amides is 1. The fourth-order valence-electron chi connectivity index (χ4n) is 3.53. The lowest BCUT2D eigenvalue weighted by Crippen LogP contribution is -2.13. The van der Waals surface area contributed by atoms with Crippen molar-refractivity contribution >= 4 is 28.5 Å². The van der Waals surface area contributed by atoms with Crippen LogP contribution in [0, 0.1) is 24.2 Å². The van der Waals surface area contributed by atoms with E-state index in [-0.39, 0.29) is 5.57 Å². The summed E-state index contributed by atoms with van der Waals surface area (Å²) in [7, 11) is 1.54. The van der Waals surface area contributed by atoms with Gasteiger partial charge in [0.2, 0.25) is 5.13 Å². The summed E-state index contributed by atoms with van der Waals surface area (Å²) in [5.41, 5.74) is 2.95. The van der Waals surface area contributed by atoms with Crippen molar-refractivity contribution < 1.29 is 19.0 Å². The van der Waals surface area contributed by atoms with Gasteiger partial charge in [-0.25, -0.2) is 0 Å². The molecule has 194 valence electrons. The van der Waals surface area contributed by atoms with Crippen molar-refractivity contribution in [2.75, 3.05) is 25.6 Å². The molecular formula is C28H32N4O4S. The smallest absolute Gasteiger partial charge is 0.268 e. The second-order valence-corrected chi connectivity index (χ2v) is 9.90. The second kappa shape index (κ2) is 13.4. The Hall–Kier alpha value is -3.90. The van der Waals surface area contributed by atoms with Gasteiger partial charge in [0.15, 0.2) is 11.5 Å². The van der Waals surface area contributed by atoms with E-state index in [9.17, 15) is 10.1 Å². The van der Waals surface area contributed by atoms with Crippen LogP contribution in [0.5, 0.6) is 17.2 Å². The second-order valence-electron chi connectivity index (χ2n) is 8.84. The lowest BCUT2D eigenvalue weighted by Gasteiger charge is -2.13.